The summed E-state index contributed by atoms with van der Waals surface area (Å²) < 4.78 is 28.9. The molecule has 1 aliphatic rings. The fourth-order valence-corrected chi connectivity index (χ4v) is 5.05. The first kappa shape index (κ1) is 25.3. The number of hydrogen-bond donors (Lipinski definition) is 1. The number of nitrogens with zero attached hydrogens (tertiary/aromatic N) is 3. The van der Waals surface area contributed by atoms with E-state index in [0.717, 1.165) is 30.5 Å². The molecule has 4 rings (SSSR count). The highest BCUT2D eigenvalue weighted by Crippen LogP contribution is 2.24. The summed E-state index contributed by atoms with van der Waals surface area (Å²) >= 11 is 5.94. The molecule has 1 fully saturated rings. The second-order valence-corrected chi connectivity index (χ2v) is 11.4. The first-order valence-corrected chi connectivity index (χ1v) is 13.9. The van der Waals surface area contributed by atoms with Gasteiger partial charge in [0.15, 0.2) is 9.84 Å². The number of benzene rings is 2. The van der Waals surface area contributed by atoms with Gasteiger partial charge in [-0.25, -0.2) is 8.42 Å². The molecule has 186 valence electrons. The van der Waals surface area contributed by atoms with Gasteiger partial charge in [0.1, 0.15) is 0 Å². The molecule has 1 amide bonds. The fraction of sp³-hybridized carbons (Fsp3) is 0.400. The van der Waals surface area contributed by atoms with Crippen LogP contribution in [0.1, 0.15) is 43.7 Å². The Morgan fingerprint density at radius 2 is 1.91 bits per heavy atom. The van der Waals surface area contributed by atoms with E-state index in [0.29, 0.717) is 36.2 Å². The second kappa shape index (κ2) is 10.9. The lowest BCUT2D eigenvalue weighted by Crippen LogP contribution is -2.43. The number of likely N-dealkylation sites (tertiary alicyclic amines) is 1. The van der Waals surface area contributed by atoms with Gasteiger partial charge in [0.25, 0.3) is 0 Å². The smallest absolute Gasteiger partial charge is 0.241 e. The number of hydrogen-bond acceptors (Lipinski definition) is 7. The van der Waals surface area contributed by atoms with Crippen molar-refractivity contribution in [1.29, 1.82) is 0 Å². The first-order valence-electron chi connectivity index (χ1n) is 11.6. The quantitative estimate of drug-likeness (QED) is 0.476. The van der Waals surface area contributed by atoms with Crippen LogP contribution >= 0.6 is 11.6 Å². The van der Waals surface area contributed by atoms with Gasteiger partial charge in [-0.05, 0) is 67.8 Å². The standard InChI is InChI=1S/C25H29ClN4O4S/c1-3-22(17-8-12-21(13-9-17)35(2,32)33)27-25(31)19-5-4-14-30(15-19)16-23-28-24(29-34-23)18-6-10-20(26)11-7-18/h6-13,19,22H,3-5,14-16H2,1-2H3,(H,27,31). The number of nitrogens with one attached hydrogen (secondary N) is 1. The molecule has 0 bridgehead atoms. The number of amides is 1. The largest absolute Gasteiger partial charge is 0.349 e. The summed E-state index contributed by atoms with van der Waals surface area (Å²) in [5, 5.41) is 7.86. The summed E-state index contributed by atoms with van der Waals surface area (Å²) in [4.78, 5) is 20.0. The number of sulfone groups is 1. The van der Waals surface area contributed by atoms with Gasteiger partial charge in [-0.1, -0.05) is 35.8 Å². The van der Waals surface area contributed by atoms with Crippen molar-refractivity contribution < 1.29 is 17.7 Å². The Labute approximate surface area is 210 Å². The number of carbonyl (C=O) groups is 1. The molecule has 0 saturated carbocycles. The molecule has 2 atom stereocenters. The summed E-state index contributed by atoms with van der Waals surface area (Å²) in [5.41, 5.74) is 1.72. The lowest BCUT2D eigenvalue weighted by Gasteiger charge is -2.32. The molecule has 35 heavy (non-hydrogen) atoms. The minimum absolute atomic E-state index is 0.00104. The van der Waals surface area contributed by atoms with Crippen LogP contribution in [0.4, 0.5) is 0 Å². The molecule has 2 heterocycles. The third-order valence-corrected chi connectivity index (χ3v) is 7.62. The van der Waals surface area contributed by atoms with Gasteiger partial charge in [-0.15, -0.1) is 0 Å². The van der Waals surface area contributed by atoms with Crippen LogP contribution < -0.4 is 5.32 Å². The summed E-state index contributed by atoms with van der Waals surface area (Å²) in [7, 11) is -3.26. The van der Waals surface area contributed by atoms with Crippen LogP contribution in [0.15, 0.2) is 57.9 Å². The van der Waals surface area contributed by atoms with Crippen molar-refractivity contribution in [2.24, 2.45) is 5.92 Å². The monoisotopic (exact) mass is 516 g/mol. The van der Waals surface area contributed by atoms with Gasteiger partial charge < -0.3 is 9.84 Å². The summed E-state index contributed by atoms with van der Waals surface area (Å²) in [6, 6.07) is 13.8. The molecular formula is C25H29ClN4O4S. The number of piperidine rings is 1. The van der Waals surface area contributed by atoms with E-state index in [1.807, 2.05) is 19.1 Å². The van der Waals surface area contributed by atoms with Gasteiger partial charge in [0, 0.05) is 23.4 Å². The highest BCUT2D eigenvalue weighted by atomic mass is 35.5. The van der Waals surface area contributed by atoms with E-state index in [4.69, 9.17) is 16.1 Å². The van der Waals surface area contributed by atoms with E-state index in [9.17, 15) is 13.2 Å². The molecule has 8 nitrogen and oxygen atoms in total. The van der Waals surface area contributed by atoms with Crippen molar-refractivity contribution in [2.45, 2.75) is 43.7 Å². The predicted molar refractivity (Wildman–Crippen MR) is 133 cm³/mol. The summed E-state index contributed by atoms with van der Waals surface area (Å²) in [6.07, 6.45) is 3.60. The van der Waals surface area contributed by atoms with Crippen molar-refractivity contribution in [3.05, 3.63) is 65.0 Å². The molecule has 3 aromatic rings. The third kappa shape index (κ3) is 6.48. The SMILES string of the molecule is CCC(NC(=O)C1CCCN(Cc2nc(-c3ccc(Cl)cc3)no2)C1)c1ccc(S(C)(=O)=O)cc1. The Hall–Kier alpha value is -2.75. The van der Waals surface area contributed by atoms with Gasteiger partial charge in [-0.2, -0.15) is 4.98 Å². The van der Waals surface area contributed by atoms with Gasteiger partial charge in [0.2, 0.25) is 17.6 Å². The van der Waals surface area contributed by atoms with Crippen molar-refractivity contribution in [3.8, 4) is 11.4 Å². The fourth-order valence-electron chi connectivity index (χ4n) is 4.30. The van der Waals surface area contributed by atoms with E-state index in [1.165, 1.54) is 6.26 Å². The Morgan fingerprint density at radius 1 is 1.20 bits per heavy atom. The van der Waals surface area contributed by atoms with Crippen molar-refractivity contribution in [2.75, 3.05) is 19.3 Å². The van der Waals surface area contributed by atoms with Crippen LogP contribution in [0.5, 0.6) is 0 Å². The topological polar surface area (TPSA) is 105 Å². The molecule has 0 spiro atoms. The Balaban J connectivity index is 1.36. The molecule has 0 radical (unpaired) electrons. The van der Waals surface area contributed by atoms with Gasteiger partial charge in [-0.3, -0.25) is 9.69 Å². The van der Waals surface area contributed by atoms with Crippen LogP contribution in [-0.2, 0) is 21.2 Å². The van der Waals surface area contributed by atoms with Crippen molar-refractivity contribution in [3.63, 3.8) is 0 Å². The molecule has 2 aromatic carbocycles. The summed E-state index contributed by atoms with van der Waals surface area (Å²) in [5.74, 6) is 0.872. The van der Waals surface area contributed by atoms with Crippen LogP contribution in [0.3, 0.4) is 0 Å². The Kier molecular flexibility index (Phi) is 7.88. The first-order chi connectivity index (χ1) is 16.7. The van der Waals surface area contributed by atoms with Crippen molar-refractivity contribution in [1.82, 2.24) is 20.4 Å². The highest BCUT2D eigenvalue weighted by molar-refractivity contribution is 7.90. The summed E-state index contributed by atoms with van der Waals surface area (Å²) in [6.45, 7) is 3.94. The number of rotatable bonds is 8. The second-order valence-electron chi connectivity index (χ2n) is 8.90. The highest BCUT2D eigenvalue weighted by Gasteiger charge is 2.28. The average Bonchev–Trinajstić information content (AvgIpc) is 3.31. The lowest BCUT2D eigenvalue weighted by atomic mass is 9.95. The Morgan fingerprint density at radius 3 is 2.57 bits per heavy atom. The maximum atomic E-state index is 13.1. The van der Waals surface area contributed by atoms with Gasteiger partial charge in [0.05, 0.1) is 23.4 Å². The molecular weight excluding hydrogens is 488 g/mol. The molecule has 1 saturated heterocycles. The van der Waals surface area contributed by atoms with E-state index < -0.39 is 9.84 Å². The maximum Gasteiger partial charge on any atom is 0.241 e. The minimum Gasteiger partial charge on any atom is -0.349 e. The number of carbonyl (C=O) groups excluding carboxylic acids is 1. The molecule has 1 aliphatic heterocycles. The molecule has 2 unspecified atom stereocenters. The zero-order valence-electron chi connectivity index (χ0n) is 19.8. The molecule has 0 aliphatic carbocycles. The average molecular weight is 517 g/mol. The van der Waals surface area contributed by atoms with Gasteiger partial charge >= 0.3 is 0 Å². The van der Waals surface area contributed by atoms with E-state index in [1.54, 1.807) is 36.4 Å². The van der Waals surface area contributed by atoms with E-state index in [2.05, 4.69) is 20.4 Å². The van der Waals surface area contributed by atoms with Crippen molar-refractivity contribution >= 4 is 27.3 Å². The lowest BCUT2D eigenvalue weighted by molar-refractivity contribution is -0.127. The zero-order chi connectivity index (χ0) is 25.0. The number of aromatic nitrogens is 2. The van der Waals surface area contributed by atoms with Crippen LogP contribution in [0.2, 0.25) is 5.02 Å². The van der Waals surface area contributed by atoms with E-state index in [-0.39, 0.29) is 22.8 Å². The molecule has 10 heteroatoms. The van der Waals surface area contributed by atoms with Crippen LogP contribution in [-0.4, -0.2) is 48.7 Å². The van der Waals surface area contributed by atoms with Crippen LogP contribution in [0, 0.1) is 5.92 Å². The normalized spacial score (nSPS) is 17.7. The molecule has 1 N–H and O–H groups in total. The molecule has 1 aromatic heterocycles. The van der Waals surface area contributed by atoms with E-state index >= 15 is 0 Å². The Bertz CT molecular complexity index is 1260. The van der Waals surface area contributed by atoms with Crippen LogP contribution in [0.25, 0.3) is 11.4 Å². The number of halogens is 1. The zero-order valence-corrected chi connectivity index (χ0v) is 21.3. The minimum atomic E-state index is -3.26. The third-order valence-electron chi connectivity index (χ3n) is 6.24. The maximum absolute atomic E-state index is 13.1. The predicted octanol–water partition coefficient (Wildman–Crippen LogP) is 4.27.